The number of carboxylic acids is 1. The van der Waals surface area contributed by atoms with E-state index in [0.29, 0.717) is 42.0 Å². The maximum Gasteiger partial charge on any atom is 0.306 e. The van der Waals surface area contributed by atoms with Gasteiger partial charge >= 0.3 is 5.97 Å². The highest BCUT2D eigenvalue weighted by molar-refractivity contribution is 6.36. The van der Waals surface area contributed by atoms with Crippen molar-refractivity contribution in [3.8, 4) is 11.1 Å². The van der Waals surface area contributed by atoms with Crippen molar-refractivity contribution >= 4 is 40.1 Å². The van der Waals surface area contributed by atoms with E-state index in [2.05, 4.69) is 34.6 Å². The smallest absolute Gasteiger partial charge is 0.306 e. The summed E-state index contributed by atoms with van der Waals surface area (Å²) < 4.78 is 1.91. The van der Waals surface area contributed by atoms with Crippen LogP contribution in [0, 0.1) is 18.8 Å². The van der Waals surface area contributed by atoms with Gasteiger partial charge in [0.1, 0.15) is 0 Å². The number of aliphatic hydroxyl groups is 1. The summed E-state index contributed by atoms with van der Waals surface area (Å²) in [6, 6.07) is 16.0. The van der Waals surface area contributed by atoms with Gasteiger partial charge in [0.25, 0.3) is 5.91 Å². The Morgan fingerprint density at radius 2 is 1.84 bits per heavy atom. The molecule has 3 aromatic heterocycles. The third-order valence-corrected chi connectivity index (χ3v) is 12.0. The van der Waals surface area contributed by atoms with Crippen molar-refractivity contribution in [1.29, 1.82) is 0 Å². The fraction of sp³-hybridized carbons (Fsp3) is 0.419. The topological polar surface area (TPSA) is 146 Å². The second-order valence-electron chi connectivity index (χ2n) is 15.3. The second kappa shape index (κ2) is 17.0. The van der Waals surface area contributed by atoms with E-state index in [1.54, 1.807) is 0 Å². The number of rotatable bonds is 13. The lowest BCUT2D eigenvalue weighted by molar-refractivity contribution is -0.143. The highest BCUT2D eigenvalue weighted by Crippen LogP contribution is 2.37. The SMILES string of the molecule is Cc1c(Cc2nccc3cc(CN[C@H](C)CO)cnc23)cccc1-c1cccc(NC(=O)c2nc3c(n2C)CCN(CCC2CCC(C(=O)O)CC2)C3)c1Cl. The first kappa shape index (κ1) is 38.6. The summed E-state index contributed by atoms with van der Waals surface area (Å²) in [5.74, 6) is -0.227. The molecule has 1 saturated carbocycles. The Bertz CT molecular complexity index is 2200. The van der Waals surface area contributed by atoms with Crippen molar-refractivity contribution in [1.82, 2.24) is 29.7 Å². The van der Waals surface area contributed by atoms with Crippen LogP contribution in [0.2, 0.25) is 5.02 Å². The van der Waals surface area contributed by atoms with Crippen LogP contribution >= 0.6 is 11.6 Å². The molecule has 0 bridgehead atoms. The average Bonchev–Trinajstić information content (AvgIpc) is 3.53. The van der Waals surface area contributed by atoms with Crippen LogP contribution in [-0.4, -0.2) is 72.2 Å². The van der Waals surface area contributed by atoms with Gasteiger partial charge in [-0.15, -0.1) is 0 Å². The number of halogens is 1. The summed E-state index contributed by atoms with van der Waals surface area (Å²) in [7, 11) is 1.90. The van der Waals surface area contributed by atoms with E-state index >= 15 is 0 Å². The number of aromatic nitrogens is 4. The molecule has 288 valence electrons. The Morgan fingerprint density at radius 3 is 2.62 bits per heavy atom. The number of carbonyl (C=O) groups is 2. The van der Waals surface area contributed by atoms with Gasteiger partial charge in [0.15, 0.2) is 5.82 Å². The van der Waals surface area contributed by atoms with Crippen LogP contribution < -0.4 is 10.6 Å². The lowest BCUT2D eigenvalue weighted by atomic mass is 9.80. The summed E-state index contributed by atoms with van der Waals surface area (Å²) in [6.45, 7) is 7.27. The van der Waals surface area contributed by atoms with Crippen LogP contribution in [0.4, 0.5) is 5.69 Å². The van der Waals surface area contributed by atoms with Crippen molar-refractivity contribution in [3.05, 3.63) is 106 Å². The van der Waals surface area contributed by atoms with Crippen molar-refractivity contribution in [2.45, 2.75) is 77.9 Å². The number of carbonyl (C=O) groups excluding carboxylic acids is 1. The zero-order chi connectivity index (χ0) is 38.6. The number of hydrogen-bond acceptors (Lipinski definition) is 8. The minimum absolute atomic E-state index is 0.00439. The summed E-state index contributed by atoms with van der Waals surface area (Å²) in [6.07, 6.45) is 9.65. The molecule has 11 nitrogen and oxygen atoms in total. The van der Waals surface area contributed by atoms with Crippen LogP contribution in [0.3, 0.4) is 0 Å². The Kier molecular flexibility index (Phi) is 11.9. The summed E-state index contributed by atoms with van der Waals surface area (Å²) in [5.41, 5.74) is 9.28. The maximum atomic E-state index is 13.7. The maximum absolute atomic E-state index is 13.7. The van der Waals surface area contributed by atoms with Gasteiger partial charge in [-0.1, -0.05) is 41.9 Å². The van der Waals surface area contributed by atoms with Crippen molar-refractivity contribution in [3.63, 3.8) is 0 Å². The van der Waals surface area contributed by atoms with E-state index in [4.69, 9.17) is 26.6 Å². The number of pyridine rings is 2. The molecule has 2 aromatic carbocycles. The minimum atomic E-state index is -0.661. The van der Waals surface area contributed by atoms with Gasteiger partial charge in [-0.2, -0.15) is 0 Å². The largest absolute Gasteiger partial charge is 0.481 e. The number of fused-ring (bicyclic) bond motifs is 2. The Labute approximate surface area is 327 Å². The number of nitrogens with zero attached hydrogens (tertiary/aromatic N) is 5. The summed E-state index contributed by atoms with van der Waals surface area (Å²) in [4.78, 5) is 41.8. The van der Waals surface area contributed by atoms with E-state index in [1.165, 1.54) is 0 Å². The molecule has 0 saturated heterocycles. The lowest BCUT2D eigenvalue weighted by Crippen LogP contribution is -2.33. The van der Waals surface area contributed by atoms with Crippen LogP contribution in [0.25, 0.3) is 22.0 Å². The molecule has 7 rings (SSSR count). The van der Waals surface area contributed by atoms with Crippen molar-refractivity contribution < 1.29 is 19.8 Å². The number of nitrogens with one attached hydrogen (secondary N) is 2. The molecule has 0 spiro atoms. The third-order valence-electron chi connectivity index (χ3n) is 11.6. The minimum Gasteiger partial charge on any atom is -0.481 e. The van der Waals surface area contributed by atoms with E-state index in [1.807, 2.05) is 67.3 Å². The van der Waals surface area contributed by atoms with Gasteiger partial charge in [0.2, 0.25) is 0 Å². The molecular weight excluding hydrogens is 714 g/mol. The molecule has 1 aliphatic carbocycles. The Morgan fingerprint density at radius 1 is 1.05 bits per heavy atom. The average molecular weight is 764 g/mol. The third kappa shape index (κ3) is 8.60. The normalized spacial score (nSPS) is 17.9. The monoisotopic (exact) mass is 763 g/mol. The molecule has 1 atom stereocenters. The predicted octanol–water partition coefficient (Wildman–Crippen LogP) is 6.94. The zero-order valence-electron chi connectivity index (χ0n) is 31.8. The van der Waals surface area contributed by atoms with Gasteiger partial charge in [0.05, 0.1) is 40.1 Å². The van der Waals surface area contributed by atoms with Gasteiger partial charge in [-0.05, 0) is 98.9 Å². The number of hydrogen-bond donors (Lipinski definition) is 4. The number of aliphatic hydroxyl groups excluding tert-OH is 1. The number of carboxylic acid groups (broad SMARTS) is 1. The highest BCUT2D eigenvalue weighted by atomic mass is 35.5. The lowest BCUT2D eigenvalue weighted by Gasteiger charge is -2.30. The first-order valence-corrected chi connectivity index (χ1v) is 19.7. The first-order valence-electron chi connectivity index (χ1n) is 19.3. The van der Waals surface area contributed by atoms with Crippen LogP contribution in [0.5, 0.6) is 0 Å². The van der Waals surface area contributed by atoms with Gasteiger partial charge < -0.3 is 25.4 Å². The van der Waals surface area contributed by atoms with Crippen LogP contribution in [0.15, 0.2) is 60.9 Å². The summed E-state index contributed by atoms with van der Waals surface area (Å²) in [5, 5.41) is 26.5. The number of amides is 1. The molecule has 0 unspecified atom stereocenters. The van der Waals surface area contributed by atoms with Crippen LogP contribution in [0.1, 0.15) is 83.4 Å². The first-order chi connectivity index (χ1) is 26.6. The molecule has 1 fully saturated rings. The molecule has 4 N–H and O–H groups in total. The molecule has 5 aromatic rings. The van der Waals surface area contributed by atoms with Crippen LogP contribution in [-0.2, 0) is 37.8 Å². The van der Waals surface area contributed by atoms with Gasteiger partial charge in [0, 0.05) is 74.6 Å². The molecule has 12 heteroatoms. The molecule has 2 aliphatic rings. The fourth-order valence-electron chi connectivity index (χ4n) is 8.15. The Hall–Kier alpha value is -4.68. The van der Waals surface area contributed by atoms with E-state index in [9.17, 15) is 19.8 Å². The fourth-order valence-corrected chi connectivity index (χ4v) is 8.42. The molecular formula is C43H50ClN7O4. The molecule has 1 aliphatic heterocycles. The van der Waals surface area contributed by atoms with Crippen molar-refractivity contribution in [2.24, 2.45) is 18.9 Å². The molecule has 4 heterocycles. The van der Waals surface area contributed by atoms with E-state index in [-0.39, 0.29) is 24.5 Å². The predicted molar refractivity (Wildman–Crippen MR) is 215 cm³/mol. The number of anilines is 1. The number of aliphatic carboxylic acids is 1. The standard InChI is InChI=1S/C43H50ClN7O4/c1-26(25-52)46-22-29-20-32-14-17-45-36(40(32)47-23-29)21-31-6-4-7-33(27(31)2)34-8-5-9-35(39(34)44)49-42(53)41-48-37-24-51(19-16-38(37)50(41)3)18-15-28-10-12-30(13-11-28)43(54)55/h4-9,14,17,20,23,26,28,30,46,52H,10-13,15-16,18-19,21-22,24-25H2,1-3H3,(H,49,53)(H,54,55)/t26-,28?,30?/m1/s1. The van der Waals surface area contributed by atoms with Gasteiger partial charge in [-0.25, -0.2) is 4.98 Å². The van der Waals surface area contributed by atoms with Crippen molar-refractivity contribution in [2.75, 3.05) is 25.0 Å². The second-order valence-corrected chi connectivity index (χ2v) is 15.7. The van der Waals surface area contributed by atoms with Gasteiger partial charge in [-0.3, -0.25) is 24.5 Å². The highest BCUT2D eigenvalue weighted by Gasteiger charge is 2.29. The van der Waals surface area contributed by atoms with E-state index < -0.39 is 5.97 Å². The number of imidazole rings is 1. The zero-order valence-corrected chi connectivity index (χ0v) is 32.6. The Balaban J connectivity index is 1.03. The molecule has 1 amide bonds. The molecule has 55 heavy (non-hydrogen) atoms. The molecule has 0 radical (unpaired) electrons. The summed E-state index contributed by atoms with van der Waals surface area (Å²) >= 11 is 7.07. The number of benzene rings is 2. The quantitative estimate of drug-likeness (QED) is 0.100. The van der Waals surface area contributed by atoms with E-state index in [0.717, 1.165) is 107 Å².